The molecule has 0 atom stereocenters. The van der Waals surface area contributed by atoms with Crippen LogP contribution in [0.3, 0.4) is 0 Å². The molecule has 0 bridgehead atoms. The first-order valence-corrected chi connectivity index (χ1v) is 7.76. The van der Waals surface area contributed by atoms with E-state index in [1.807, 2.05) is 41.9 Å². The van der Waals surface area contributed by atoms with Crippen LogP contribution in [0, 0.1) is 11.3 Å². The minimum Gasteiger partial charge on any atom is -0.485 e. The minimum absolute atomic E-state index is 0.338. The van der Waals surface area contributed by atoms with Gasteiger partial charge in [-0.05, 0) is 11.5 Å². The zero-order chi connectivity index (χ0) is 15.4. The average Bonchev–Trinajstić information content (AvgIpc) is 2.91. The molecule has 0 fully saturated rings. The molecule has 6 heteroatoms. The summed E-state index contributed by atoms with van der Waals surface area (Å²) in [6.07, 6.45) is 0. The lowest BCUT2D eigenvalue weighted by molar-refractivity contribution is 0.294. The second kappa shape index (κ2) is 6.50. The Morgan fingerprint density at radius 1 is 1.18 bits per heavy atom. The number of hydrogen-bond acceptors (Lipinski definition) is 5. The first-order chi connectivity index (χ1) is 10.8. The molecule has 0 radical (unpaired) electrons. The number of aromatic nitrogens is 3. The highest BCUT2D eigenvalue weighted by molar-refractivity contribution is 7.99. The Hall–Kier alpha value is -2.52. The number of rotatable bonds is 5. The summed E-state index contributed by atoms with van der Waals surface area (Å²) in [5, 5.41) is 19.8. The van der Waals surface area contributed by atoms with E-state index in [0.29, 0.717) is 12.4 Å². The highest BCUT2D eigenvalue weighted by Gasteiger charge is 2.10. The van der Waals surface area contributed by atoms with E-state index in [0.717, 1.165) is 27.5 Å². The van der Waals surface area contributed by atoms with Crippen molar-refractivity contribution >= 4 is 22.5 Å². The molecule has 0 spiro atoms. The lowest BCUT2D eigenvalue weighted by atomic mass is 10.1. The molecule has 3 rings (SSSR count). The molecule has 22 heavy (non-hydrogen) atoms. The summed E-state index contributed by atoms with van der Waals surface area (Å²) >= 11 is 1.36. The Labute approximate surface area is 132 Å². The van der Waals surface area contributed by atoms with Gasteiger partial charge in [0, 0.05) is 12.4 Å². The molecule has 5 nitrogen and oxygen atoms in total. The van der Waals surface area contributed by atoms with Crippen molar-refractivity contribution in [1.29, 1.82) is 5.26 Å². The van der Waals surface area contributed by atoms with Gasteiger partial charge < -0.3 is 9.30 Å². The van der Waals surface area contributed by atoms with E-state index in [9.17, 15) is 0 Å². The van der Waals surface area contributed by atoms with Gasteiger partial charge in [0.1, 0.15) is 12.4 Å². The van der Waals surface area contributed by atoms with Gasteiger partial charge in [-0.15, -0.1) is 10.2 Å². The number of hydrogen-bond donors (Lipinski definition) is 0. The van der Waals surface area contributed by atoms with Crippen LogP contribution in [0.5, 0.6) is 5.75 Å². The van der Waals surface area contributed by atoms with Crippen LogP contribution in [0.25, 0.3) is 10.8 Å². The number of fused-ring (bicyclic) bond motifs is 1. The fourth-order valence-corrected chi connectivity index (χ4v) is 2.75. The molecule has 0 aliphatic heterocycles. The monoisotopic (exact) mass is 310 g/mol. The lowest BCUT2D eigenvalue weighted by Crippen LogP contribution is -2.04. The number of nitrogens with zero attached hydrogens (tertiary/aromatic N) is 4. The standard InChI is InChI=1S/C16H14N4OS/c1-20-15(18-19-16(20)22-10-9-17)11-21-14-8-4-6-12-5-2-3-7-13(12)14/h2-8H,10-11H2,1H3. The third-order valence-corrected chi connectivity index (χ3v) is 4.18. The van der Waals surface area contributed by atoms with Gasteiger partial charge in [0.25, 0.3) is 0 Å². The van der Waals surface area contributed by atoms with E-state index in [1.165, 1.54) is 11.8 Å². The molecule has 0 aliphatic carbocycles. The van der Waals surface area contributed by atoms with E-state index in [4.69, 9.17) is 10.00 Å². The van der Waals surface area contributed by atoms with E-state index in [1.54, 1.807) is 0 Å². The number of benzene rings is 2. The molecular weight excluding hydrogens is 296 g/mol. The second-order valence-corrected chi connectivity index (χ2v) is 5.61. The first kappa shape index (κ1) is 14.4. The molecule has 0 unspecified atom stereocenters. The maximum atomic E-state index is 8.62. The average molecular weight is 310 g/mol. The van der Waals surface area contributed by atoms with Crippen molar-refractivity contribution in [1.82, 2.24) is 14.8 Å². The van der Waals surface area contributed by atoms with Crippen molar-refractivity contribution in [2.24, 2.45) is 7.05 Å². The number of ether oxygens (including phenoxy) is 1. The van der Waals surface area contributed by atoms with Crippen molar-refractivity contribution < 1.29 is 4.74 Å². The molecule has 2 aromatic carbocycles. The maximum absolute atomic E-state index is 8.62. The number of nitriles is 1. The summed E-state index contributed by atoms with van der Waals surface area (Å²) in [5.41, 5.74) is 0. The maximum Gasteiger partial charge on any atom is 0.192 e. The molecule has 0 N–H and O–H groups in total. The Morgan fingerprint density at radius 2 is 2.00 bits per heavy atom. The van der Waals surface area contributed by atoms with Crippen LogP contribution in [0.1, 0.15) is 5.82 Å². The van der Waals surface area contributed by atoms with Gasteiger partial charge in [0.05, 0.1) is 11.8 Å². The van der Waals surface area contributed by atoms with Gasteiger partial charge in [-0.25, -0.2) is 0 Å². The van der Waals surface area contributed by atoms with Crippen LogP contribution in [0.15, 0.2) is 47.6 Å². The van der Waals surface area contributed by atoms with Crippen LogP contribution in [-0.4, -0.2) is 20.5 Å². The van der Waals surface area contributed by atoms with Gasteiger partial charge in [-0.1, -0.05) is 48.2 Å². The van der Waals surface area contributed by atoms with Gasteiger partial charge in [-0.3, -0.25) is 0 Å². The Morgan fingerprint density at radius 3 is 2.86 bits per heavy atom. The normalized spacial score (nSPS) is 10.5. The molecule has 3 aromatic rings. The molecule has 0 aliphatic rings. The zero-order valence-corrected chi connectivity index (χ0v) is 12.9. The SMILES string of the molecule is Cn1c(COc2cccc3ccccc23)nnc1SCC#N. The fourth-order valence-electron chi connectivity index (χ4n) is 2.16. The third kappa shape index (κ3) is 2.90. The molecule has 0 amide bonds. The molecule has 0 saturated heterocycles. The molecule has 0 saturated carbocycles. The van der Waals surface area contributed by atoms with Gasteiger partial charge in [-0.2, -0.15) is 5.26 Å². The van der Waals surface area contributed by atoms with Crippen molar-refractivity contribution in [3.8, 4) is 11.8 Å². The van der Waals surface area contributed by atoms with Crippen molar-refractivity contribution in [3.05, 3.63) is 48.3 Å². The highest BCUT2D eigenvalue weighted by Crippen LogP contribution is 2.26. The Bertz CT molecular complexity index is 832. The summed E-state index contributed by atoms with van der Waals surface area (Å²) in [6.45, 7) is 0.338. The summed E-state index contributed by atoms with van der Waals surface area (Å²) in [5.74, 6) is 1.91. The fraction of sp³-hybridized carbons (Fsp3) is 0.188. The van der Waals surface area contributed by atoms with Crippen molar-refractivity contribution in [2.45, 2.75) is 11.8 Å². The van der Waals surface area contributed by atoms with Crippen LogP contribution in [0.2, 0.25) is 0 Å². The van der Waals surface area contributed by atoms with Crippen molar-refractivity contribution in [2.75, 3.05) is 5.75 Å². The van der Waals surface area contributed by atoms with E-state index >= 15 is 0 Å². The van der Waals surface area contributed by atoms with Crippen LogP contribution in [-0.2, 0) is 13.7 Å². The molecule has 1 heterocycles. The van der Waals surface area contributed by atoms with E-state index in [-0.39, 0.29) is 0 Å². The topological polar surface area (TPSA) is 63.7 Å². The van der Waals surface area contributed by atoms with E-state index < -0.39 is 0 Å². The minimum atomic E-state index is 0.338. The molecular formula is C16H14N4OS. The van der Waals surface area contributed by atoms with Crippen molar-refractivity contribution in [3.63, 3.8) is 0 Å². The third-order valence-electron chi connectivity index (χ3n) is 3.30. The largest absolute Gasteiger partial charge is 0.485 e. The molecule has 110 valence electrons. The van der Waals surface area contributed by atoms with Crippen LogP contribution < -0.4 is 4.74 Å². The summed E-state index contributed by atoms with van der Waals surface area (Å²) < 4.78 is 7.76. The summed E-state index contributed by atoms with van der Waals surface area (Å²) in [7, 11) is 1.88. The zero-order valence-electron chi connectivity index (χ0n) is 12.1. The summed E-state index contributed by atoms with van der Waals surface area (Å²) in [4.78, 5) is 0. The highest BCUT2D eigenvalue weighted by atomic mass is 32.2. The predicted molar refractivity (Wildman–Crippen MR) is 85.6 cm³/mol. The van der Waals surface area contributed by atoms with Gasteiger partial charge >= 0.3 is 0 Å². The lowest BCUT2D eigenvalue weighted by Gasteiger charge is -2.09. The second-order valence-electron chi connectivity index (χ2n) is 4.67. The number of thioether (sulfide) groups is 1. The van der Waals surface area contributed by atoms with Gasteiger partial charge in [0.15, 0.2) is 11.0 Å². The van der Waals surface area contributed by atoms with Crippen LogP contribution in [0.4, 0.5) is 0 Å². The predicted octanol–water partition coefficient (Wildman–Crippen LogP) is 3.16. The summed E-state index contributed by atoms with van der Waals surface area (Å²) in [6, 6.07) is 16.2. The first-order valence-electron chi connectivity index (χ1n) is 6.78. The van der Waals surface area contributed by atoms with Gasteiger partial charge in [0.2, 0.25) is 0 Å². The van der Waals surface area contributed by atoms with Crippen LogP contribution >= 0.6 is 11.8 Å². The van der Waals surface area contributed by atoms with E-state index in [2.05, 4.69) is 28.4 Å². The Balaban J connectivity index is 1.77. The smallest absolute Gasteiger partial charge is 0.192 e. The molecule has 1 aromatic heterocycles. The Kier molecular flexibility index (Phi) is 4.26. The quantitative estimate of drug-likeness (QED) is 0.677.